The average molecular weight is 238 g/mol. The molecule has 0 saturated carbocycles. The number of aliphatic imine (C=N–C) groups is 1. The zero-order valence-corrected chi connectivity index (χ0v) is 10.8. The summed E-state index contributed by atoms with van der Waals surface area (Å²) in [6.45, 7) is 5.18. The molecule has 1 atom stereocenters. The molecular formula is C11H18N4S. The Morgan fingerprint density at radius 3 is 3.06 bits per heavy atom. The first-order chi connectivity index (χ1) is 7.66. The van der Waals surface area contributed by atoms with Crippen LogP contribution in [0.3, 0.4) is 0 Å². The van der Waals surface area contributed by atoms with Crippen LogP contribution in [0, 0.1) is 5.92 Å². The molecule has 0 aromatic carbocycles. The number of nitrogens with zero attached hydrogens (tertiary/aromatic N) is 3. The van der Waals surface area contributed by atoms with Gasteiger partial charge in [-0.05, 0) is 12.0 Å². The van der Waals surface area contributed by atoms with Crippen molar-refractivity contribution in [1.29, 1.82) is 0 Å². The first-order valence-corrected chi connectivity index (χ1v) is 6.56. The molecule has 1 aromatic heterocycles. The lowest BCUT2D eigenvalue weighted by Gasteiger charge is -2.13. The van der Waals surface area contributed by atoms with Crippen molar-refractivity contribution in [3.8, 4) is 0 Å². The van der Waals surface area contributed by atoms with Crippen LogP contribution in [0.2, 0.25) is 0 Å². The van der Waals surface area contributed by atoms with Crippen molar-refractivity contribution >= 4 is 16.9 Å². The van der Waals surface area contributed by atoms with E-state index in [0.717, 1.165) is 16.6 Å². The smallest absolute Gasteiger partial charge is 0.157 e. The van der Waals surface area contributed by atoms with Crippen molar-refractivity contribution in [2.45, 2.75) is 26.4 Å². The predicted octanol–water partition coefficient (Wildman–Crippen LogP) is 1.64. The molecule has 0 aliphatic carbocycles. The van der Waals surface area contributed by atoms with Gasteiger partial charge >= 0.3 is 0 Å². The molecule has 1 aliphatic rings. The third-order valence-electron chi connectivity index (χ3n) is 2.82. The van der Waals surface area contributed by atoms with Gasteiger partial charge < -0.3 is 5.32 Å². The third kappa shape index (κ3) is 2.58. The van der Waals surface area contributed by atoms with Crippen LogP contribution < -0.4 is 5.32 Å². The molecule has 0 bridgehead atoms. The molecule has 0 unspecified atom stereocenters. The monoisotopic (exact) mass is 238 g/mol. The highest BCUT2D eigenvalue weighted by molar-refractivity contribution is 8.14. The van der Waals surface area contributed by atoms with Gasteiger partial charge in [0.05, 0.1) is 12.2 Å². The van der Waals surface area contributed by atoms with Crippen molar-refractivity contribution in [2.75, 3.05) is 5.75 Å². The molecule has 2 heterocycles. The number of thioether (sulfide) groups is 1. The van der Waals surface area contributed by atoms with Crippen LogP contribution in [0.15, 0.2) is 17.3 Å². The molecule has 16 heavy (non-hydrogen) atoms. The van der Waals surface area contributed by atoms with Gasteiger partial charge in [-0.15, -0.1) is 0 Å². The maximum Gasteiger partial charge on any atom is 0.157 e. The van der Waals surface area contributed by atoms with Crippen molar-refractivity contribution in [3.63, 3.8) is 0 Å². The van der Waals surface area contributed by atoms with Crippen molar-refractivity contribution in [3.05, 3.63) is 18.0 Å². The van der Waals surface area contributed by atoms with Crippen LogP contribution in [-0.4, -0.2) is 26.7 Å². The van der Waals surface area contributed by atoms with E-state index in [9.17, 15) is 0 Å². The van der Waals surface area contributed by atoms with Gasteiger partial charge in [0.15, 0.2) is 5.17 Å². The molecule has 4 nitrogen and oxygen atoms in total. The first-order valence-electron chi connectivity index (χ1n) is 5.57. The topological polar surface area (TPSA) is 42.2 Å². The molecule has 1 fully saturated rings. The molecule has 0 radical (unpaired) electrons. The molecule has 0 amide bonds. The number of aryl methyl sites for hydroxylation is 1. The summed E-state index contributed by atoms with van der Waals surface area (Å²) in [6.07, 6.45) is 1.81. The van der Waals surface area contributed by atoms with Crippen molar-refractivity contribution in [2.24, 2.45) is 18.0 Å². The van der Waals surface area contributed by atoms with E-state index in [4.69, 9.17) is 0 Å². The first kappa shape index (κ1) is 11.5. The molecular weight excluding hydrogens is 220 g/mol. The molecule has 1 aliphatic heterocycles. The number of amidine groups is 1. The quantitative estimate of drug-likeness (QED) is 0.870. The third-order valence-corrected chi connectivity index (χ3v) is 3.87. The fourth-order valence-electron chi connectivity index (χ4n) is 1.57. The number of nitrogens with one attached hydrogen (secondary N) is 1. The highest BCUT2D eigenvalue weighted by Gasteiger charge is 2.22. The van der Waals surface area contributed by atoms with Gasteiger partial charge in [-0.25, -0.2) is 0 Å². The molecule has 1 N–H and O–H groups in total. The Morgan fingerprint density at radius 1 is 1.69 bits per heavy atom. The summed E-state index contributed by atoms with van der Waals surface area (Å²) in [5.74, 6) is 1.79. The van der Waals surface area contributed by atoms with E-state index in [0.29, 0.717) is 18.5 Å². The normalized spacial score (nSPS) is 23.0. The minimum Gasteiger partial charge on any atom is -0.361 e. The highest BCUT2D eigenvalue weighted by atomic mass is 32.2. The summed E-state index contributed by atoms with van der Waals surface area (Å²) in [5.41, 5.74) is 1.14. The molecule has 88 valence electrons. The average Bonchev–Trinajstić information content (AvgIpc) is 2.83. The van der Waals surface area contributed by atoms with Gasteiger partial charge in [-0.1, -0.05) is 25.6 Å². The molecule has 1 aromatic rings. The van der Waals surface area contributed by atoms with Gasteiger partial charge in [0.1, 0.15) is 0 Å². The highest BCUT2D eigenvalue weighted by Crippen LogP contribution is 2.19. The summed E-state index contributed by atoms with van der Waals surface area (Å²) >= 11 is 1.82. The van der Waals surface area contributed by atoms with Gasteiger partial charge in [-0.2, -0.15) is 5.10 Å². The number of aromatic nitrogens is 2. The lowest BCUT2D eigenvalue weighted by Crippen LogP contribution is -2.31. The standard InChI is InChI=1S/C11H18N4S/c1-8(2)10-7-16-11(14-10)12-6-9-4-5-13-15(9)3/h4-5,8,10H,6-7H2,1-3H3,(H,12,14)/t10-/m1/s1. The van der Waals surface area contributed by atoms with E-state index in [1.807, 2.05) is 35.8 Å². The van der Waals surface area contributed by atoms with Gasteiger partial charge in [0, 0.05) is 25.0 Å². The second-order valence-corrected chi connectivity index (χ2v) is 5.38. The fourth-order valence-corrected chi connectivity index (χ4v) is 2.77. The summed E-state index contributed by atoms with van der Waals surface area (Å²) in [6, 6.07) is 2.57. The van der Waals surface area contributed by atoms with Gasteiger partial charge in [0.25, 0.3) is 0 Å². The van der Waals surface area contributed by atoms with Gasteiger partial charge in [-0.3, -0.25) is 9.67 Å². The summed E-state index contributed by atoms with van der Waals surface area (Å²) in [5, 5.41) is 8.65. The Balaban J connectivity index is 1.92. The van der Waals surface area contributed by atoms with Crippen LogP contribution in [0.4, 0.5) is 0 Å². The van der Waals surface area contributed by atoms with E-state index < -0.39 is 0 Å². The van der Waals surface area contributed by atoms with Crippen molar-refractivity contribution in [1.82, 2.24) is 15.1 Å². The Bertz CT molecular complexity index is 383. The number of rotatable bonds is 3. The Labute approximate surface area is 101 Å². The predicted molar refractivity (Wildman–Crippen MR) is 68.6 cm³/mol. The zero-order chi connectivity index (χ0) is 11.5. The second kappa shape index (κ2) is 4.91. The lowest BCUT2D eigenvalue weighted by molar-refractivity contribution is 0.503. The van der Waals surface area contributed by atoms with Crippen LogP contribution in [-0.2, 0) is 13.6 Å². The van der Waals surface area contributed by atoms with Crippen molar-refractivity contribution < 1.29 is 0 Å². The lowest BCUT2D eigenvalue weighted by atomic mass is 10.1. The van der Waals surface area contributed by atoms with Gasteiger partial charge in [0.2, 0.25) is 0 Å². The van der Waals surface area contributed by atoms with Crippen LogP contribution >= 0.6 is 11.8 Å². The van der Waals surface area contributed by atoms with E-state index in [1.165, 1.54) is 0 Å². The Morgan fingerprint density at radius 2 is 2.50 bits per heavy atom. The maximum absolute atomic E-state index is 4.57. The Kier molecular flexibility index (Phi) is 3.53. The van der Waals surface area contributed by atoms with E-state index >= 15 is 0 Å². The molecule has 1 saturated heterocycles. The molecule has 5 heteroatoms. The number of hydrogen-bond donors (Lipinski definition) is 1. The summed E-state index contributed by atoms with van der Waals surface area (Å²) in [7, 11) is 1.95. The molecule has 2 rings (SSSR count). The maximum atomic E-state index is 4.57. The van der Waals surface area contributed by atoms with E-state index in [-0.39, 0.29) is 0 Å². The van der Waals surface area contributed by atoms with E-state index in [2.05, 4.69) is 29.3 Å². The van der Waals surface area contributed by atoms with E-state index in [1.54, 1.807) is 0 Å². The summed E-state index contributed by atoms with van der Waals surface area (Å²) in [4.78, 5) is 4.57. The minimum atomic E-state index is 0.565. The van der Waals surface area contributed by atoms with Crippen LogP contribution in [0.1, 0.15) is 19.5 Å². The summed E-state index contributed by atoms with van der Waals surface area (Å²) < 4.78 is 1.86. The molecule has 0 spiro atoms. The second-order valence-electron chi connectivity index (χ2n) is 4.37. The largest absolute Gasteiger partial charge is 0.361 e. The zero-order valence-electron chi connectivity index (χ0n) is 9.97. The van der Waals surface area contributed by atoms with Crippen LogP contribution in [0.25, 0.3) is 0 Å². The van der Waals surface area contributed by atoms with Crippen LogP contribution in [0.5, 0.6) is 0 Å². The Hall–Kier alpha value is -0.970. The fraction of sp³-hybridized carbons (Fsp3) is 0.636. The SMILES string of the molecule is CC(C)[C@H]1CSC(=NCc2ccnn2C)N1. The minimum absolute atomic E-state index is 0.565. The number of hydrogen-bond acceptors (Lipinski definition) is 3.